The Labute approximate surface area is 135 Å². The molecule has 0 atom stereocenters. The van der Waals surface area contributed by atoms with Crippen LogP contribution in [0.15, 0.2) is 49.2 Å². The van der Waals surface area contributed by atoms with Crippen molar-refractivity contribution in [1.82, 2.24) is 19.9 Å². The molecule has 6 heteroatoms. The van der Waals surface area contributed by atoms with Crippen LogP contribution in [-0.4, -0.2) is 27.7 Å². The Kier molecular flexibility index (Phi) is 4.95. The first-order chi connectivity index (χ1) is 10.9. The van der Waals surface area contributed by atoms with E-state index in [1.54, 1.807) is 23.8 Å². The number of nitrogens with one attached hydrogen (secondary N) is 2. The summed E-state index contributed by atoms with van der Waals surface area (Å²) >= 11 is 0. The third kappa shape index (κ3) is 3.85. The molecule has 0 unspecified atom stereocenters. The van der Waals surface area contributed by atoms with Crippen LogP contribution in [0.25, 0.3) is 11.2 Å². The molecule has 0 radical (unpaired) electrons. The summed E-state index contributed by atoms with van der Waals surface area (Å²) < 4.78 is 1.62. The first-order valence-electron chi connectivity index (χ1n) is 7.33. The molecular weight excluding hydrogens is 290 g/mol. The minimum Gasteiger partial charge on any atom is -0.341 e. The molecule has 0 aromatic carbocycles. The number of carbonyl (C=O) groups is 1. The molecule has 2 aromatic rings. The predicted octanol–water partition coefficient (Wildman–Crippen LogP) is 3.26. The van der Waals surface area contributed by atoms with E-state index in [1.807, 2.05) is 18.2 Å². The van der Waals surface area contributed by atoms with Crippen molar-refractivity contribution < 1.29 is 4.79 Å². The molecule has 2 aromatic heterocycles. The number of allylic oxidation sites excluding steroid dienone is 4. The first-order valence-corrected chi connectivity index (χ1v) is 7.33. The Bertz CT molecular complexity index is 785. The molecule has 0 saturated heterocycles. The van der Waals surface area contributed by atoms with Gasteiger partial charge in [-0.2, -0.15) is 5.10 Å². The van der Waals surface area contributed by atoms with Crippen LogP contribution in [0.1, 0.15) is 19.5 Å². The SMILES string of the molecule is C=C/C(=C\C(=C)C(C)C)c1ccc2nc(NC(=O)NC)cn2n1. The van der Waals surface area contributed by atoms with Gasteiger partial charge in [-0.3, -0.25) is 5.32 Å². The van der Waals surface area contributed by atoms with Crippen molar-refractivity contribution in [3.63, 3.8) is 0 Å². The Balaban J connectivity index is 2.37. The molecule has 0 aliphatic rings. The second-order valence-electron chi connectivity index (χ2n) is 5.39. The fourth-order valence-electron chi connectivity index (χ4n) is 1.88. The Hall–Kier alpha value is -2.89. The molecule has 2 N–H and O–H groups in total. The van der Waals surface area contributed by atoms with Crippen LogP contribution in [-0.2, 0) is 0 Å². The summed E-state index contributed by atoms with van der Waals surface area (Å²) in [4.78, 5) is 15.6. The van der Waals surface area contributed by atoms with E-state index in [1.165, 1.54) is 0 Å². The number of fused-ring (bicyclic) bond motifs is 1. The van der Waals surface area contributed by atoms with Gasteiger partial charge in [-0.05, 0) is 24.1 Å². The number of rotatable bonds is 5. The van der Waals surface area contributed by atoms with Crippen molar-refractivity contribution in [2.24, 2.45) is 5.92 Å². The van der Waals surface area contributed by atoms with Crippen LogP contribution < -0.4 is 10.6 Å². The standard InChI is InChI=1S/C17H21N5O/c1-6-13(9-12(4)11(2)3)14-7-8-16-19-15(10-22(16)21-14)20-17(23)18-5/h6-11H,1,4H2,2-3,5H3,(H2,18,20,23)/b13-9+. The highest BCUT2D eigenvalue weighted by Gasteiger charge is 2.08. The zero-order chi connectivity index (χ0) is 17.0. The summed E-state index contributed by atoms with van der Waals surface area (Å²) in [5.74, 6) is 0.787. The van der Waals surface area contributed by atoms with Crippen molar-refractivity contribution in [3.8, 4) is 0 Å². The topological polar surface area (TPSA) is 71.3 Å². The number of carbonyl (C=O) groups excluding carboxylic acids is 1. The quantitative estimate of drug-likeness (QED) is 0.833. The van der Waals surface area contributed by atoms with Gasteiger partial charge in [-0.15, -0.1) is 0 Å². The highest BCUT2D eigenvalue weighted by Crippen LogP contribution is 2.19. The van der Waals surface area contributed by atoms with Gasteiger partial charge >= 0.3 is 6.03 Å². The van der Waals surface area contributed by atoms with Crippen molar-refractivity contribution in [3.05, 3.63) is 54.9 Å². The molecule has 2 rings (SSSR count). The van der Waals surface area contributed by atoms with Crippen LogP contribution >= 0.6 is 0 Å². The molecule has 0 saturated carbocycles. The van der Waals surface area contributed by atoms with E-state index in [0.29, 0.717) is 17.4 Å². The normalized spacial score (nSPS) is 11.6. The number of amides is 2. The van der Waals surface area contributed by atoms with Crippen molar-refractivity contribution in [2.75, 3.05) is 12.4 Å². The highest BCUT2D eigenvalue weighted by atomic mass is 16.2. The molecule has 23 heavy (non-hydrogen) atoms. The Morgan fingerprint density at radius 2 is 2.13 bits per heavy atom. The first kappa shape index (κ1) is 16.5. The summed E-state index contributed by atoms with van der Waals surface area (Å²) in [5.41, 5.74) is 3.30. The second kappa shape index (κ2) is 6.91. The van der Waals surface area contributed by atoms with Gasteiger partial charge in [0.2, 0.25) is 0 Å². The lowest BCUT2D eigenvalue weighted by Crippen LogP contribution is -2.24. The van der Waals surface area contributed by atoms with E-state index >= 15 is 0 Å². The number of nitrogens with zero attached hydrogens (tertiary/aromatic N) is 3. The monoisotopic (exact) mass is 311 g/mol. The number of hydrogen-bond acceptors (Lipinski definition) is 3. The van der Waals surface area contributed by atoms with E-state index < -0.39 is 0 Å². The molecule has 0 fully saturated rings. The molecule has 6 nitrogen and oxygen atoms in total. The van der Waals surface area contributed by atoms with Gasteiger partial charge in [0, 0.05) is 12.6 Å². The smallest absolute Gasteiger partial charge is 0.320 e. The van der Waals surface area contributed by atoms with Gasteiger partial charge < -0.3 is 5.32 Å². The fourth-order valence-corrected chi connectivity index (χ4v) is 1.88. The number of imidazole rings is 1. The number of hydrogen-bond donors (Lipinski definition) is 2. The Morgan fingerprint density at radius 3 is 2.74 bits per heavy atom. The van der Waals surface area contributed by atoms with Crippen LogP contribution in [0, 0.1) is 5.92 Å². The molecule has 0 spiro atoms. The average Bonchev–Trinajstić information content (AvgIpc) is 2.93. The lowest BCUT2D eigenvalue weighted by Gasteiger charge is -2.07. The lowest BCUT2D eigenvalue weighted by molar-refractivity contribution is 0.254. The van der Waals surface area contributed by atoms with Crippen LogP contribution in [0.2, 0.25) is 0 Å². The predicted molar refractivity (Wildman–Crippen MR) is 93.2 cm³/mol. The van der Waals surface area contributed by atoms with Crippen molar-refractivity contribution in [1.29, 1.82) is 0 Å². The maximum atomic E-state index is 11.3. The van der Waals surface area contributed by atoms with Crippen molar-refractivity contribution >= 4 is 23.1 Å². The summed E-state index contributed by atoms with van der Waals surface area (Å²) in [5, 5.41) is 9.61. The van der Waals surface area contributed by atoms with E-state index in [-0.39, 0.29) is 6.03 Å². The zero-order valence-electron chi connectivity index (χ0n) is 13.6. The molecule has 2 heterocycles. The molecule has 120 valence electrons. The number of urea groups is 1. The van der Waals surface area contributed by atoms with Gasteiger partial charge in [0.25, 0.3) is 0 Å². The third-order valence-electron chi connectivity index (χ3n) is 3.39. The summed E-state index contributed by atoms with van der Waals surface area (Å²) in [6.07, 6.45) is 5.39. The van der Waals surface area contributed by atoms with Crippen LogP contribution in [0.3, 0.4) is 0 Å². The van der Waals surface area contributed by atoms with Gasteiger partial charge in [-0.25, -0.2) is 14.3 Å². The Morgan fingerprint density at radius 1 is 1.39 bits per heavy atom. The molecular formula is C17H21N5O. The molecule has 0 bridgehead atoms. The average molecular weight is 311 g/mol. The van der Waals surface area contributed by atoms with Crippen molar-refractivity contribution in [2.45, 2.75) is 13.8 Å². The van der Waals surface area contributed by atoms with Crippen LogP contribution in [0.4, 0.5) is 10.6 Å². The van der Waals surface area contributed by atoms with E-state index in [0.717, 1.165) is 16.8 Å². The van der Waals surface area contributed by atoms with E-state index in [9.17, 15) is 4.79 Å². The highest BCUT2D eigenvalue weighted by molar-refractivity contribution is 5.88. The van der Waals surface area contributed by atoms with Gasteiger partial charge in [-0.1, -0.05) is 38.7 Å². The fraction of sp³-hybridized carbons (Fsp3) is 0.235. The van der Waals surface area contributed by atoms with Crippen LogP contribution in [0.5, 0.6) is 0 Å². The lowest BCUT2D eigenvalue weighted by atomic mass is 10.0. The van der Waals surface area contributed by atoms with Gasteiger partial charge in [0.15, 0.2) is 11.5 Å². The maximum Gasteiger partial charge on any atom is 0.320 e. The minimum atomic E-state index is -0.325. The largest absolute Gasteiger partial charge is 0.341 e. The number of anilines is 1. The molecule has 0 aliphatic carbocycles. The summed E-state index contributed by atoms with van der Waals surface area (Å²) in [6, 6.07) is 3.38. The van der Waals surface area contributed by atoms with E-state index in [4.69, 9.17) is 0 Å². The minimum absolute atomic E-state index is 0.325. The third-order valence-corrected chi connectivity index (χ3v) is 3.39. The van der Waals surface area contributed by atoms with Gasteiger partial charge in [0.05, 0.1) is 11.9 Å². The van der Waals surface area contributed by atoms with Gasteiger partial charge in [0.1, 0.15) is 0 Å². The second-order valence-corrected chi connectivity index (χ2v) is 5.39. The number of aromatic nitrogens is 3. The summed E-state index contributed by atoms with van der Waals surface area (Å²) in [6.45, 7) is 12.1. The molecule has 0 aliphatic heterocycles. The van der Waals surface area contributed by atoms with E-state index in [2.05, 4.69) is 47.7 Å². The summed E-state index contributed by atoms with van der Waals surface area (Å²) in [7, 11) is 1.55. The maximum absolute atomic E-state index is 11.3. The zero-order valence-corrected chi connectivity index (χ0v) is 13.6. The molecule has 2 amide bonds.